The lowest BCUT2D eigenvalue weighted by molar-refractivity contribution is -0.113. The molecule has 1 fully saturated rings. The number of hydrogen-bond donors (Lipinski definition) is 0. The lowest BCUT2D eigenvalue weighted by Crippen LogP contribution is -2.33. The molecule has 0 spiro atoms. The van der Waals surface area contributed by atoms with E-state index >= 15 is 0 Å². The van der Waals surface area contributed by atoms with Crippen molar-refractivity contribution in [1.29, 1.82) is 0 Å². The molecule has 38 heavy (non-hydrogen) atoms. The maximum atomic E-state index is 13.5. The highest BCUT2D eigenvalue weighted by molar-refractivity contribution is 8.27. The van der Waals surface area contributed by atoms with Crippen LogP contribution in [0.2, 0.25) is 0 Å². The Labute approximate surface area is 226 Å². The van der Waals surface area contributed by atoms with E-state index in [1.807, 2.05) is 30.3 Å². The molecular formula is C27H21N3O6S2. The van der Waals surface area contributed by atoms with Crippen LogP contribution in [0.4, 0.5) is 5.69 Å². The third-order valence-electron chi connectivity index (χ3n) is 5.95. The molecular weight excluding hydrogens is 526 g/mol. The van der Waals surface area contributed by atoms with Gasteiger partial charge in [-0.25, -0.2) is 9.48 Å². The maximum absolute atomic E-state index is 13.5. The average molecular weight is 548 g/mol. The first-order chi connectivity index (χ1) is 18.3. The molecule has 0 atom stereocenters. The molecule has 4 aromatic rings. The van der Waals surface area contributed by atoms with E-state index in [9.17, 15) is 14.4 Å². The van der Waals surface area contributed by atoms with Crippen LogP contribution in [-0.2, 0) is 11.8 Å². The zero-order valence-electron chi connectivity index (χ0n) is 20.5. The minimum atomic E-state index is -0.665. The zero-order valence-corrected chi connectivity index (χ0v) is 22.2. The topological polar surface area (TPSA) is 95.9 Å². The van der Waals surface area contributed by atoms with Crippen molar-refractivity contribution in [3.8, 4) is 17.2 Å². The molecule has 11 heteroatoms. The van der Waals surface area contributed by atoms with Gasteiger partial charge >= 0.3 is 5.97 Å². The Bertz CT molecular complexity index is 1650. The fraction of sp³-hybridized carbons (Fsp3) is 0.111. The molecule has 1 aliphatic heterocycles. The van der Waals surface area contributed by atoms with E-state index in [0.29, 0.717) is 27.6 Å². The minimum absolute atomic E-state index is 0.0577. The quantitative estimate of drug-likeness (QED) is 0.148. The van der Waals surface area contributed by atoms with E-state index in [-0.39, 0.29) is 27.1 Å². The second-order valence-corrected chi connectivity index (χ2v) is 9.88. The van der Waals surface area contributed by atoms with Crippen LogP contribution in [0.25, 0.3) is 11.8 Å². The highest BCUT2D eigenvalue weighted by Crippen LogP contribution is 2.37. The predicted octanol–water partition coefficient (Wildman–Crippen LogP) is 4.71. The third kappa shape index (κ3) is 4.46. The molecule has 1 aliphatic rings. The molecule has 3 heterocycles. The standard InChI is InChI=1S/C27H21N3O6S2/c1-16-23(25(32)30(28(16)2)18-8-5-4-6-9-18)29-24(31)22(38-27(29)37)15-17-11-12-19(21(14-17)34-3)36-26(33)20-10-7-13-35-20/h4-15H,1-3H3. The number of thiocarbonyl (C=S) groups is 1. The number of benzene rings is 2. The number of ether oxygens (including phenoxy) is 2. The number of carbonyl (C=O) groups excluding carboxylic acids is 2. The van der Waals surface area contributed by atoms with E-state index in [1.54, 1.807) is 49.0 Å². The lowest BCUT2D eigenvalue weighted by atomic mass is 10.2. The Hall–Kier alpha value is -4.35. The monoisotopic (exact) mass is 547 g/mol. The molecule has 1 saturated heterocycles. The average Bonchev–Trinajstić information content (AvgIpc) is 3.60. The van der Waals surface area contributed by atoms with Gasteiger partial charge in [-0.3, -0.25) is 19.2 Å². The molecule has 0 bridgehead atoms. The van der Waals surface area contributed by atoms with Gasteiger partial charge in [-0.2, -0.15) is 0 Å². The van der Waals surface area contributed by atoms with Gasteiger partial charge in [-0.05, 0) is 55.0 Å². The summed E-state index contributed by atoms with van der Waals surface area (Å²) in [4.78, 5) is 40.8. The van der Waals surface area contributed by atoms with Crippen LogP contribution in [0, 0.1) is 6.92 Å². The van der Waals surface area contributed by atoms with Gasteiger partial charge in [0.2, 0.25) is 5.76 Å². The van der Waals surface area contributed by atoms with E-state index in [0.717, 1.165) is 11.8 Å². The summed E-state index contributed by atoms with van der Waals surface area (Å²) < 4.78 is 19.3. The molecule has 0 radical (unpaired) electrons. The largest absolute Gasteiger partial charge is 0.493 e. The Morgan fingerprint density at radius 3 is 2.50 bits per heavy atom. The van der Waals surface area contributed by atoms with Crippen LogP contribution < -0.4 is 19.9 Å². The van der Waals surface area contributed by atoms with E-state index in [1.165, 1.54) is 29.0 Å². The number of hydrogen-bond acceptors (Lipinski definition) is 8. The fourth-order valence-corrected chi connectivity index (χ4v) is 5.30. The van der Waals surface area contributed by atoms with Gasteiger partial charge in [0.05, 0.1) is 29.7 Å². The highest BCUT2D eigenvalue weighted by Gasteiger charge is 2.37. The maximum Gasteiger partial charge on any atom is 0.379 e. The second-order valence-electron chi connectivity index (χ2n) is 8.20. The van der Waals surface area contributed by atoms with Crippen molar-refractivity contribution in [3.63, 3.8) is 0 Å². The van der Waals surface area contributed by atoms with Gasteiger partial charge < -0.3 is 13.9 Å². The molecule has 2 aromatic heterocycles. The molecule has 0 saturated carbocycles. The summed E-state index contributed by atoms with van der Waals surface area (Å²) in [6.45, 7) is 1.77. The molecule has 9 nitrogen and oxygen atoms in total. The molecule has 2 aromatic carbocycles. The van der Waals surface area contributed by atoms with Gasteiger partial charge in [-0.1, -0.05) is 48.2 Å². The van der Waals surface area contributed by atoms with E-state index in [4.69, 9.17) is 26.1 Å². The van der Waals surface area contributed by atoms with Crippen LogP contribution in [-0.4, -0.2) is 32.7 Å². The summed E-state index contributed by atoms with van der Waals surface area (Å²) in [6, 6.07) is 17.1. The first kappa shape index (κ1) is 25.3. The number of carbonyl (C=O) groups is 2. The molecule has 0 unspecified atom stereocenters. The van der Waals surface area contributed by atoms with Gasteiger partial charge in [0.15, 0.2) is 15.8 Å². The molecule has 0 N–H and O–H groups in total. The van der Waals surface area contributed by atoms with Crippen molar-refractivity contribution in [1.82, 2.24) is 9.36 Å². The summed E-state index contributed by atoms with van der Waals surface area (Å²) in [5.41, 5.74) is 1.75. The number of esters is 1. The Balaban J connectivity index is 1.45. The Morgan fingerprint density at radius 1 is 1.05 bits per heavy atom. The van der Waals surface area contributed by atoms with E-state index in [2.05, 4.69) is 0 Å². The van der Waals surface area contributed by atoms with Gasteiger partial charge in [0, 0.05) is 7.05 Å². The number of amides is 1. The SMILES string of the molecule is COc1cc(C=C2SC(=S)N(c3c(C)n(C)n(-c4ccccc4)c3=O)C2=O)ccc1OC(=O)c1ccco1. The van der Waals surface area contributed by atoms with E-state index < -0.39 is 11.9 Å². The second kappa shape index (κ2) is 10.2. The smallest absolute Gasteiger partial charge is 0.379 e. The van der Waals surface area contributed by atoms with Gasteiger partial charge in [-0.15, -0.1) is 0 Å². The van der Waals surface area contributed by atoms with Crippen LogP contribution in [0.3, 0.4) is 0 Å². The number of furan rings is 1. The summed E-state index contributed by atoms with van der Waals surface area (Å²) in [5.74, 6) is -0.527. The predicted molar refractivity (Wildman–Crippen MR) is 148 cm³/mol. The van der Waals surface area contributed by atoms with Gasteiger partial charge in [0.1, 0.15) is 5.69 Å². The number of thioether (sulfide) groups is 1. The number of rotatable bonds is 6. The summed E-state index contributed by atoms with van der Waals surface area (Å²) in [5, 5.41) is 0. The zero-order chi connectivity index (χ0) is 27.0. The molecule has 0 aliphatic carbocycles. The number of anilines is 1. The van der Waals surface area contributed by atoms with Crippen LogP contribution in [0.5, 0.6) is 11.5 Å². The Kier molecular flexibility index (Phi) is 6.79. The van der Waals surface area contributed by atoms with Crippen molar-refractivity contribution < 1.29 is 23.5 Å². The number of para-hydroxylation sites is 1. The van der Waals surface area contributed by atoms with Crippen LogP contribution in [0.1, 0.15) is 21.8 Å². The summed E-state index contributed by atoms with van der Waals surface area (Å²) >= 11 is 6.62. The van der Waals surface area contributed by atoms with Crippen molar-refractivity contribution in [2.45, 2.75) is 6.92 Å². The third-order valence-corrected chi connectivity index (χ3v) is 7.25. The number of methoxy groups -OCH3 is 1. The molecule has 5 rings (SSSR count). The summed E-state index contributed by atoms with van der Waals surface area (Å²) in [6.07, 6.45) is 3.02. The molecule has 192 valence electrons. The lowest BCUT2D eigenvalue weighted by Gasteiger charge is -2.12. The first-order valence-corrected chi connectivity index (χ1v) is 12.6. The molecule has 1 amide bonds. The number of aromatic nitrogens is 2. The highest BCUT2D eigenvalue weighted by atomic mass is 32.2. The van der Waals surface area contributed by atoms with Crippen molar-refractivity contribution >= 4 is 51.9 Å². The van der Waals surface area contributed by atoms with Crippen molar-refractivity contribution in [2.24, 2.45) is 7.05 Å². The number of nitrogens with zero attached hydrogens (tertiary/aromatic N) is 3. The minimum Gasteiger partial charge on any atom is -0.493 e. The van der Waals surface area contributed by atoms with Crippen molar-refractivity contribution in [3.05, 3.63) is 99.2 Å². The summed E-state index contributed by atoms with van der Waals surface area (Å²) in [7, 11) is 3.20. The van der Waals surface area contributed by atoms with Crippen LogP contribution >= 0.6 is 24.0 Å². The normalized spacial score (nSPS) is 14.4. The fourth-order valence-electron chi connectivity index (χ4n) is 4.03. The van der Waals surface area contributed by atoms with Crippen molar-refractivity contribution in [2.75, 3.05) is 12.0 Å². The first-order valence-electron chi connectivity index (χ1n) is 11.4. The Morgan fingerprint density at radius 2 is 1.82 bits per heavy atom. The van der Waals surface area contributed by atoms with Crippen LogP contribution in [0.15, 0.2) is 81.0 Å². The van der Waals surface area contributed by atoms with Gasteiger partial charge in [0.25, 0.3) is 11.5 Å².